The number of hydrogen-bond acceptors (Lipinski definition) is 5. The van der Waals surface area contributed by atoms with Gasteiger partial charge in [-0.15, -0.1) is 11.3 Å². The summed E-state index contributed by atoms with van der Waals surface area (Å²) in [4.78, 5) is 14.3. The molecular formula is C13H11N3O2S2. The minimum atomic E-state index is -0.436. The second-order valence-corrected chi connectivity index (χ2v) is 6.16. The summed E-state index contributed by atoms with van der Waals surface area (Å²) in [5.41, 5.74) is 1.20. The summed E-state index contributed by atoms with van der Waals surface area (Å²) < 4.78 is 2.93. The van der Waals surface area contributed by atoms with Crippen molar-refractivity contribution in [1.82, 2.24) is 9.55 Å². The quantitative estimate of drug-likeness (QED) is 0.417. The summed E-state index contributed by atoms with van der Waals surface area (Å²) in [5, 5.41) is 14.8. The molecule has 0 bridgehead atoms. The molecule has 7 heteroatoms. The number of rotatable bonds is 4. The smallest absolute Gasteiger partial charge is 0.358 e. The lowest BCUT2D eigenvalue weighted by Gasteiger charge is -2.01. The lowest BCUT2D eigenvalue weighted by atomic mass is 10.2. The van der Waals surface area contributed by atoms with Gasteiger partial charge in [-0.1, -0.05) is 30.0 Å². The Morgan fingerprint density at radius 1 is 1.45 bits per heavy atom. The summed E-state index contributed by atoms with van der Waals surface area (Å²) in [6, 6.07) is 8.19. The molecule has 2 aromatic heterocycles. The fourth-order valence-corrected chi connectivity index (χ4v) is 4.10. The number of thioether (sulfide) groups is 1. The Labute approximate surface area is 123 Å². The van der Waals surface area contributed by atoms with E-state index in [1.165, 1.54) is 33.7 Å². The number of fused-ring (bicyclic) bond motifs is 1. The van der Waals surface area contributed by atoms with E-state index in [0.29, 0.717) is 10.8 Å². The molecule has 102 valence electrons. The summed E-state index contributed by atoms with van der Waals surface area (Å²) in [5.74, 6) is 0.627. The highest BCUT2D eigenvalue weighted by molar-refractivity contribution is 7.98. The van der Waals surface area contributed by atoms with Gasteiger partial charge in [-0.2, -0.15) is 0 Å². The molecule has 0 spiro atoms. The molecule has 0 unspecified atom stereocenters. The van der Waals surface area contributed by atoms with Gasteiger partial charge in [0.15, 0.2) is 5.03 Å². The predicted octanol–water partition coefficient (Wildman–Crippen LogP) is 3.84. The lowest BCUT2D eigenvalue weighted by molar-refractivity contribution is -0.392. The van der Waals surface area contributed by atoms with Crippen LogP contribution < -0.4 is 0 Å². The van der Waals surface area contributed by atoms with E-state index in [4.69, 9.17) is 0 Å². The highest BCUT2D eigenvalue weighted by atomic mass is 32.2. The first-order valence-corrected chi connectivity index (χ1v) is 7.77. The van der Waals surface area contributed by atoms with Crippen LogP contribution in [0.15, 0.2) is 41.0 Å². The molecular weight excluding hydrogens is 294 g/mol. The van der Waals surface area contributed by atoms with Crippen LogP contribution >= 0.6 is 23.1 Å². The van der Waals surface area contributed by atoms with E-state index in [0.717, 1.165) is 0 Å². The van der Waals surface area contributed by atoms with Gasteiger partial charge in [0.2, 0.25) is 6.33 Å². The molecule has 0 radical (unpaired) electrons. The molecule has 0 fully saturated rings. The van der Waals surface area contributed by atoms with E-state index in [1.54, 1.807) is 23.0 Å². The minimum absolute atomic E-state index is 0.0722. The van der Waals surface area contributed by atoms with Gasteiger partial charge in [-0.25, -0.2) is 0 Å². The Hall–Kier alpha value is -1.86. The molecule has 0 atom stereocenters. The van der Waals surface area contributed by atoms with Gasteiger partial charge < -0.3 is 14.7 Å². The van der Waals surface area contributed by atoms with Crippen LogP contribution in [0.4, 0.5) is 5.82 Å². The van der Waals surface area contributed by atoms with Gasteiger partial charge in [0.1, 0.15) is 0 Å². The summed E-state index contributed by atoms with van der Waals surface area (Å²) in [6.07, 6.45) is 1.48. The first kappa shape index (κ1) is 13.1. The maximum absolute atomic E-state index is 10.9. The van der Waals surface area contributed by atoms with Crippen molar-refractivity contribution in [3.63, 3.8) is 0 Å². The van der Waals surface area contributed by atoms with Crippen LogP contribution in [0.2, 0.25) is 0 Å². The number of aromatic nitrogens is 2. The molecule has 0 N–H and O–H groups in total. The normalized spacial score (nSPS) is 11.1. The number of imidazole rings is 1. The highest BCUT2D eigenvalue weighted by Gasteiger charge is 2.20. The first-order chi connectivity index (χ1) is 9.66. The van der Waals surface area contributed by atoms with Crippen molar-refractivity contribution in [2.24, 2.45) is 7.05 Å². The van der Waals surface area contributed by atoms with Crippen LogP contribution in [-0.2, 0) is 12.8 Å². The topological polar surface area (TPSA) is 61.0 Å². The second-order valence-electron chi connectivity index (χ2n) is 4.29. The van der Waals surface area contributed by atoms with Gasteiger partial charge >= 0.3 is 5.82 Å². The third-order valence-corrected chi connectivity index (χ3v) is 5.17. The molecule has 0 aliphatic rings. The minimum Gasteiger partial charge on any atom is -0.358 e. The Morgan fingerprint density at radius 2 is 2.25 bits per heavy atom. The zero-order chi connectivity index (χ0) is 14.1. The monoisotopic (exact) mass is 305 g/mol. The maximum atomic E-state index is 10.9. The second kappa shape index (κ2) is 5.26. The van der Waals surface area contributed by atoms with Gasteiger partial charge in [0.25, 0.3) is 0 Å². The molecule has 0 amide bonds. The average Bonchev–Trinajstić information content (AvgIpc) is 3.00. The summed E-state index contributed by atoms with van der Waals surface area (Å²) in [6.45, 7) is 0. The molecule has 0 saturated carbocycles. The molecule has 0 saturated heterocycles. The zero-order valence-corrected chi connectivity index (χ0v) is 12.3. The average molecular weight is 305 g/mol. The standard InChI is InChI=1S/C13H11N3O2S2/c1-15-8-14-12(16(17)18)13(15)20-7-9-6-19-11-5-3-2-4-10(9)11/h2-6,8H,7H2,1H3. The fraction of sp³-hybridized carbons (Fsp3) is 0.154. The summed E-state index contributed by atoms with van der Waals surface area (Å²) >= 11 is 3.14. The zero-order valence-electron chi connectivity index (χ0n) is 10.6. The Kier molecular flexibility index (Phi) is 3.45. The van der Waals surface area contributed by atoms with E-state index in [-0.39, 0.29) is 5.82 Å². The Bertz CT molecular complexity index is 779. The first-order valence-electron chi connectivity index (χ1n) is 5.90. The molecule has 5 nitrogen and oxygen atoms in total. The van der Waals surface area contributed by atoms with E-state index < -0.39 is 4.92 Å². The van der Waals surface area contributed by atoms with Gasteiger partial charge in [0.05, 0.1) is 0 Å². The number of hydrogen-bond donors (Lipinski definition) is 0. The van der Waals surface area contributed by atoms with Crippen molar-refractivity contribution >= 4 is 39.0 Å². The highest BCUT2D eigenvalue weighted by Crippen LogP contribution is 2.34. The molecule has 20 heavy (non-hydrogen) atoms. The number of thiophene rings is 1. The van der Waals surface area contributed by atoms with Gasteiger partial charge in [-0.05, 0) is 32.3 Å². The van der Waals surface area contributed by atoms with E-state index >= 15 is 0 Å². The van der Waals surface area contributed by atoms with Crippen LogP contribution in [0.3, 0.4) is 0 Å². The van der Waals surface area contributed by atoms with Crippen molar-refractivity contribution in [2.75, 3.05) is 0 Å². The fourth-order valence-electron chi connectivity index (χ4n) is 1.99. The largest absolute Gasteiger partial charge is 0.395 e. The van der Waals surface area contributed by atoms with E-state index in [1.807, 2.05) is 12.1 Å². The van der Waals surface area contributed by atoms with Crippen LogP contribution in [0.5, 0.6) is 0 Å². The van der Waals surface area contributed by atoms with Crippen molar-refractivity contribution < 1.29 is 4.92 Å². The third-order valence-electron chi connectivity index (χ3n) is 2.96. The molecule has 0 aliphatic heterocycles. The van der Waals surface area contributed by atoms with Crippen LogP contribution in [-0.4, -0.2) is 14.5 Å². The van der Waals surface area contributed by atoms with Gasteiger partial charge in [-0.3, -0.25) is 0 Å². The number of benzene rings is 1. The molecule has 1 aromatic carbocycles. The lowest BCUT2D eigenvalue weighted by Crippen LogP contribution is -1.93. The van der Waals surface area contributed by atoms with Crippen molar-refractivity contribution in [3.05, 3.63) is 51.7 Å². The molecule has 3 aromatic rings. The van der Waals surface area contributed by atoms with E-state index in [2.05, 4.69) is 22.5 Å². The molecule has 2 heterocycles. The van der Waals surface area contributed by atoms with Crippen molar-refractivity contribution in [1.29, 1.82) is 0 Å². The molecule has 0 aliphatic carbocycles. The van der Waals surface area contributed by atoms with Crippen LogP contribution in [0.1, 0.15) is 5.56 Å². The number of nitrogens with zero attached hydrogens (tertiary/aromatic N) is 3. The number of aryl methyl sites for hydroxylation is 1. The number of nitro groups is 1. The van der Waals surface area contributed by atoms with Crippen LogP contribution in [0, 0.1) is 10.1 Å². The SMILES string of the molecule is Cn1cnc([N+](=O)[O-])c1SCc1csc2ccccc12. The molecule has 3 rings (SSSR count). The van der Waals surface area contributed by atoms with E-state index in [9.17, 15) is 10.1 Å². The van der Waals surface area contributed by atoms with Gasteiger partial charge in [0, 0.05) is 17.5 Å². The summed E-state index contributed by atoms with van der Waals surface area (Å²) in [7, 11) is 1.77. The third kappa shape index (κ3) is 2.30. The Morgan fingerprint density at radius 3 is 3.05 bits per heavy atom. The van der Waals surface area contributed by atoms with Crippen molar-refractivity contribution in [3.8, 4) is 0 Å². The predicted molar refractivity (Wildman–Crippen MR) is 81.2 cm³/mol. The van der Waals surface area contributed by atoms with Crippen molar-refractivity contribution in [2.45, 2.75) is 10.8 Å². The maximum Gasteiger partial charge on any atom is 0.395 e. The Balaban J connectivity index is 1.87. The van der Waals surface area contributed by atoms with Crippen LogP contribution in [0.25, 0.3) is 10.1 Å².